The average Bonchev–Trinajstić information content (AvgIpc) is 2.61. The van der Waals surface area contributed by atoms with Gasteiger partial charge in [-0.25, -0.2) is 0 Å². The van der Waals surface area contributed by atoms with Crippen LogP contribution in [-0.4, -0.2) is 26.0 Å². The highest BCUT2D eigenvalue weighted by Crippen LogP contribution is 2.16. The van der Waals surface area contributed by atoms with E-state index in [0.717, 1.165) is 0 Å². The molecule has 0 aliphatic heterocycles. The van der Waals surface area contributed by atoms with Crippen molar-refractivity contribution in [3.63, 3.8) is 0 Å². The van der Waals surface area contributed by atoms with Crippen molar-refractivity contribution in [1.82, 2.24) is 0 Å². The van der Waals surface area contributed by atoms with Gasteiger partial charge in [-0.05, 0) is 48.5 Å². The van der Waals surface area contributed by atoms with Crippen molar-refractivity contribution in [1.29, 1.82) is 0 Å². The van der Waals surface area contributed by atoms with Gasteiger partial charge in [0.1, 0.15) is 11.5 Å². The van der Waals surface area contributed by atoms with Crippen LogP contribution in [0.25, 0.3) is 0 Å². The van der Waals surface area contributed by atoms with Crippen molar-refractivity contribution >= 4 is 23.2 Å². The molecule has 2 aromatic rings. The maximum atomic E-state index is 11.8. The van der Waals surface area contributed by atoms with Crippen LogP contribution in [0.15, 0.2) is 60.7 Å². The second kappa shape index (κ2) is 8.38. The van der Waals surface area contributed by atoms with Gasteiger partial charge in [-0.15, -0.1) is 0 Å². The van der Waals surface area contributed by atoms with E-state index >= 15 is 0 Å². The third kappa shape index (κ3) is 5.17. The number of methoxy groups -OCH3 is 2. The van der Waals surface area contributed by atoms with E-state index in [1.165, 1.54) is 12.2 Å². The molecular weight excluding hydrogens is 308 g/mol. The molecule has 2 rings (SSSR count). The molecule has 0 aliphatic rings. The van der Waals surface area contributed by atoms with Gasteiger partial charge in [0.15, 0.2) is 0 Å². The Bertz CT molecular complexity index is 658. The Morgan fingerprint density at radius 1 is 0.708 bits per heavy atom. The predicted molar refractivity (Wildman–Crippen MR) is 92.4 cm³/mol. The number of nitrogens with one attached hydrogen (secondary N) is 2. The highest BCUT2D eigenvalue weighted by Gasteiger charge is 2.02. The first-order valence-corrected chi connectivity index (χ1v) is 7.19. The zero-order valence-corrected chi connectivity index (χ0v) is 13.4. The van der Waals surface area contributed by atoms with Crippen LogP contribution in [-0.2, 0) is 9.59 Å². The topological polar surface area (TPSA) is 76.7 Å². The fourth-order valence-corrected chi connectivity index (χ4v) is 1.87. The van der Waals surface area contributed by atoms with E-state index in [1.807, 2.05) is 0 Å². The summed E-state index contributed by atoms with van der Waals surface area (Å²) in [6, 6.07) is 13.8. The molecule has 6 nitrogen and oxygen atoms in total. The van der Waals surface area contributed by atoms with Crippen LogP contribution in [0.3, 0.4) is 0 Å². The number of carbonyl (C=O) groups excluding carboxylic acids is 2. The van der Waals surface area contributed by atoms with Gasteiger partial charge in [0.25, 0.3) is 0 Å². The largest absolute Gasteiger partial charge is 0.497 e. The molecule has 0 spiro atoms. The molecule has 6 heteroatoms. The van der Waals surface area contributed by atoms with Crippen molar-refractivity contribution < 1.29 is 19.1 Å². The summed E-state index contributed by atoms with van der Waals surface area (Å²) in [4.78, 5) is 23.6. The number of anilines is 2. The quantitative estimate of drug-likeness (QED) is 0.800. The first-order chi connectivity index (χ1) is 11.6. The van der Waals surface area contributed by atoms with E-state index < -0.39 is 11.8 Å². The number of hydrogen-bond donors (Lipinski definition) is 2. The lowest BCUT2D eigenvalue weighted by Crippen LogP contribution is -2.12. The molecule has 0 aromatic heterocycles. The number of hydrogen-bond acceptors (Lipinski definition) is 4. The minimum Gasteiger partial charge on any atom is -0.497 e. The molecule has 0 heterocycles. The van der Waals surface area contributed by atoms with Crippen LogP contribution in [0.4, 0.5) is 11.4 Å². The summed E-state index contributed by atoms with van der Waals surface area (Å²) in [7, 11) is 3.13. The lowest BCUT2D eigenvalue weighted by atomic mass is 10.3. The maximum Gasteiger partial charge on any atom is 0.248 e. The molecule has 0 saturated carbocycles. The number of carbonyl (C=O) groups is 2. The highest BCUT2D eigenvalue weighted by atomic mass is 16.5. The van der Waals surface area contributed by atoms with Gasteiger partial charge in [0.2, 0.25) is 11.8 Å². The van der Waals surface area contributed by atoms with E-state index in [2.05, 4.69) is 10.6 Å². The molecule has 2 N–H and O–H groups in total. The molecule has 0 bridgehead atoms. The number of rotatable bonds is 6. The molecule has 0 aliphatic carbocycles. The van der Waals surface area contributed by atoms with Crippen LogP contribution in [0.5, 0.6) is 11.5 Å². The van der Waals surface area contributed by atoms with Crippen LogP contribution in [0.1, 0.15) is 0 Å². The van der Waals surface area contributed by atoms with Crippen LogP contribution in [0, 0.1) is 0 Å². The zero-order valence-electron chi connectivity index (χ0n) is 13.4. The molecule has 0 saturated heterocycles. The molecule has 2 aromatic carbocycles. The highest BCUT2D eigenvalue weighted by molar-refractivity contribution is 6.06. The summed E-state index contributed by atoms with van der Waals surface area (Å²) in [5.41, 5.74) is 1.22. The number of benzene rings is 2. The second-order valence-corrected chi connectivity index (χ2v) is 4.77. The molecular formula is C18H18N2O4. The maximum absolute atomic E-state index is 11.8. The second-order valence-electron chi connectivity index (χ2n) is 4.77. The van der Waals surface area contributed by atoms with Gasteiger partial charge in [-0.1, -0.05) is 0 Å². The van der Waals surface area contributed by atoms with Gasteiger partial charge in [0, 0.05) is 23.5 Å². The van der Waals surface area contributed by atoms with Crippen LogP contribution in [0.2, 0.25) is 0 Å². The van der Waals surface area contributed by atoms with Gasteiger partial charge in [-0.2, -0.15) is 0 Å². The molecule has 0 unspecified atom stereocenters. The first-order valence-electron chi connectivity index (χ1n) is 7.19. The Kier molecular flexibility index (Phi) is 5.96. The summed E-state index contributed by atoms with van der Waals surface area (Å²) < 4.78 is 10.1. The normalized spacial score (nSPS) is 10.2. The van der Waals surface area contributed by atoms with Crippen LogP contribution < -0.4 is 20.1 Å². The lowest BCUT2D eigenvalue weighted by Gasteiger charge is -2.04. The van der Waals surface area contributed by atoms with E-state index in [1.54, 1.807) is 62.8 Å². The summed E-state index contributed by atoms with van der Waals surface area (Å²) in [5.74, 6) is 0.597. The van der Waals surface area contributed by atoms with E-state index in [9.17, 15) is 9.59 Å². The summed E-state index contributed by atoms with van der Waals surface area (Å²) >= 11 is 0. The standard InChI is InChI=1S/C18H18N2O4/c1-23-15-7-3-13(4-8-15)19-17(21)11-12-18(22)20-14-5-9-16(24-2)10-6-14/h3-12H,1-2H3,(H,19,21)(H,20,22)/b12-11+. The van der Waals surface area contributed by atoms with Crippen molar-refractivity contribution in [2.45, 2.75) is 0 Å². The Hall–Kier alpha value is -3.28. The number of amides is 2. The fourth-order valence-electron chi connectivity index (χ4n) is 1.87. The SMILES string of the molecule is COc1ccc(NC(=O)/C=C/C(=O)Nc2ccc(OC)cc2)cc1. The summed E-state index contributed by atoms with van der Waals surface area (Å²) in [6.45, 7) is 0. The van der Waals surface area contributed by atoms with Crippen molar-refractivity contribution in [2.24, 2.45) is 0 Å². The molecule has 124 valence electrons. The van der Waals surface area contributed by atoms with Crippen LogP contribution >= 0.6 is 0 Å². The summed E-state index contributed by atoms with van der Waals surface area (Å²) in [6.07, 6.45) is 2.34. The zero-order chi connectivity index (χ0) is 17.4. The Morgan fingerprint density at radius 2 is 1.04 bits per heavy atom. The smallest absolute Gasteiger partial charge is 0.248 e. The number of ether oxygens (including phenoxy) is 2. The van der Waals surface area contributed by atoms with Crippen molar-refractivity contribution in [2.75, 3.05) is 24.9 Å². The van der Waals surface area contributed by atoms with E-state index in [-0.39, 0.29) is 0 Å². The fraction of sp³-hybridized carbons (Fsp3) is 0.111. The molecule has 0 radical (unpaired) electrons. The summed E-state index contributed by atoms with van der Waals surface area (Å²) in [5, 5.41) is 5.30. The van der Waals surface area contributed by atoms with Gasteiger partial charge < -0.3 is 20.1 Å². The van der Waals surface area contributed by atoms with Gasteiger partial charge in [0.05, 0.1) is 14.2 Å². The van der Waals surface area contributed by atoms with Gasteiger partial charge in [-0.3, -0.25) is 9.59 Å². The van der Waals surface area contributed by atoms with Crippen molar-refractivity contribution in [3.8, 4) is 11.5 Å². The minimum absolute atomic E-state index is 0.398. The van der Waals surface area contributed by atoms with Crippen molar-refractivity contribution in [3.05, 3.63) is 60.7 Å². The average molecular weight is 326 g/mol. The van der Waals surface area contributed by atoms with E-state index in [4.69, 9.17) is 9.47 Å². The molecule has 0 fully saturated rings. The Morgan fingerprint density at radius 3 is 1.33 bits per heavy atom. The van der Waals surface area contributed by atoms with E-state index in [0.29, 0.717) is 22.9 Å². The Labute approximate surface area is 140 Å². The minimum atomic E-state index is -0.398. The first kappa shape index (κ1) is 17.1. The third-order valence-corrected chi connectivity index (χ3v) is 3.10. The third-order valence-electron chi connectivity index (χ3n) is 3.10. The molecule has 0 atom stereocenters. The van der Waals surface area contributed by atoms with Gasteiger partial charge >= 0.3 is 0 Å². The molecule has 24 heavy (non-hydrogen) atoms. The monoisotopic (exact) mass is 326 g/mol. The predicted octanol–water partition coefficient (Wildman–Crippen LogP) is 2.84. The Balaban J connectivity index is 1.86. The molecule has 2 amide bonds. The lowest BCUT2D eigenvalue weighted by molar-refractivity contribution is -0.114.